The summed E-state index contributed by atoms with van der Waals surface area (Å²) in [5.41, 5.74) is 1.24. The Kier molecular flexibility index (Phi) is 7.24. The van der Waals surface area contributed by atoms with Crippen LogP contribution in [0.25, 0.3) is 16.8 Å². The molecule has 0 aromatic heterocycles. The lowest BCUT2D eigenvalue weighted by molar-refractivity contribution is -0.139. The number of thioether (sulfide) groups is 1. The maximum Gasteiger partial charge on any atom is 0.339 e. The number of amides is 3. The van der Waals surface area contributed by atoms with Gasteiger partial charge in [-0.15, -0.1) is 0 Å². The molecule has 2 fully saturated rings. The number of aryl methyl sites for hydroxylation is 1. The maximum absolute atomic E-state index is 13.2. The standard InChI is InChI=1S/C27H24N2O7S2/c1-18-6-9-20(10-7-18)38(33,34)36-23-11-8-19-4-2-3-5-21(19)22(23)16-24-26(31)29(27(32)37-24)17-25(30)28-12-14-35-15-13-28/h2-11,16H,12-15,17H2,1H3/b24-16-. The van der Waals surface area contributed by atoms with Crippen molar-refractivity contribution in [3.63, 3.8) is 0 Å². The van der Waals surface area contributed by atoms with Crippen molar-refractivity contribution >= 4 is 55.8 Å². The minimum atomic E-state index is -4.18. The maximum atomic E-state index is 13.2. The van der Waals surface area contributed by atoms with Gasteiger partial charge in [0.05, 0.1) is 18.1 Å². The topological polar surface area (TPSA) is 110 Å². The summed E-state index contributed by atoms with van der Waals surface area (Å²) in [6, 6.07) is 16.7. The number of imide groups is 1. The Morgan fingerprint density at radius 2 is 1.74 bits per heavy atom. The molecule has 0 bridgehead atoms. The first-order chi connectivity index (χ1) is 18.2. The first kappa shape index (κ1) is 26.0. The van der Waals surface area contributed by atoms with Crippen LogP contribution in [-0.2, 0) is 24.4 Å². The number of carbonyl (C=O) groups is 3. The molecule has 0 aliphatic carbocycles. The van der Waals surface area contributed by atoms with E-state index < -0.39 is 21.3 Å². The van der Waals surface area contributed by atoms with Crippen LogP contribution in [0.3, 0.4) is 0 Å². The summed E-state index contributed by atoms with van der Waals surface area (Å²) >= 11 is 0.697. The molecule has 0 N–H and O–H groups in total. The second-order valence-corrected chi connectivity index (χ2v) is 11.3. The SMILES string of the molecule is Cc1ccc(S(=O)(=O)Oc2ccc3ccccc3c2/C=C2\SC(=O)N(CC(=O)N3CCOCC3)C2=O)cc1. The van der Waals surface area contributed by atoms with E-state index in [0.29, 0.717) is 49.0 Å². The van der Waals surface area contributed by atoms with Crippen molar-refractivity contribution in [2.75, 3.05) is 32.8 Å². The van der Waals surface area contributed by atoms with Crippen molar-refractivity contribution in [2.24, 2.45) is 0 Å². The van der Waals surface area contributed by atoms with Crippen LogP contribution in [-0.4, -0.2) is 68.1 Å². The lowest BCUT2D eigenvalue weighted by atomic mass is 10.0. The predicted molar refractivity (Wildman–Crippen MR) is 143 cm³/mol. The third-order valence-corrected chi connectivity index (χ3v) is 8.40. The summed E-state index contributed by atoms with van der Waals surface area (Å²) in [4.78, 5) is 41.1. The van der Waals surface area contributed by atoms with Crippen molar-refractivity contribution in [2.45, 2.75) is 11.8 Å². The van der Waals surface area contributed by atoms with E-state index in [1.807, 2.05) is 19.1 Å². The average molecular weight is 553 g/mol. The zero-order valence-electron chi connectivity index (χ0n) is 20.5. The van der Waals surface area contributed by atoms with Crippen LogP contribution in [0.4, 0.5) is 4.79 Å². The Hall–Kier alpha value is -3.67. The van der Waals surface area contributed by atoms with Crippen molar-refractivity contribution in [3.05, 3.63) is 76.7 Å². The summed E-state index contributed by atoms with van der Waals surface area (Å²) in [6.45, 7) is 3.09. The number of benzene rings is 3. The molecule has 0 radical (unpaired) electrons. The number of hydrogen-bond donors (Lipinski definition) is 0. The van der Waals surface area contributed by atoms with Gasteiger partial charge < -0.3 is 13.8 Å². The van der Waals surface area contributed by atoms with Crippen molar-refractivity contribution in [1.29, 1.82) is 0 Å². The van der Waals surface area contributed by atoms with E-state index in [0.717, 1.165) is 15.8 Å². The van der Waals surface area contributed by atoms with E-state index in [4.69, 9.17) is 8.92 Å². The highest BCUT2D eigenvalue weighted by Crippen LogP contribution is 2.37. The van der Waals surface area contributed by atoms with Gasteiger partial charge in [0, 0.05) is 18.7 Å². The minimum absolute atomic E-state index is 0.0100. The van der Waals surface area contributed by atoms with Crippen molar-refractivity contribution in [1.82, 2.24) is 9.80 Å². The Morgan fingerprint density at radius 1 is 1.03 bits per heavy atom. The number of fused-ring (bicyclic) bond motifs is 1. The van der Waals surface area contributed by atoms with E-state index in [2.05, 4.69) is 0 Å². The Bertz CT molecular complexity index is 1560. The highest BCUT2D eigenvalue weighted by molar-refractivity contribution is 8.18. The summed E-state index contributed by atoms with van der Waals surface area (Å²) < 4.78 is 36.9. The molecule has 0 atom stereocenters. The van der Waals surface area contributed by atoms with E-state index in [9.17, 15) is 22.8 Å². The molecular formula is C27H24N2O7S2. The molecule has 38 heavy (non-hydrogen) atoms. The second kappa shape index (κ2) is 10.6. The van der Waals surface area contributed by atoms with Gasteiger partial charge in [-0.3, -0.25) is 19.3 Å². The quantitative estimate of drug-likeness (QED) is 0.335. The number of ether oxygens (including phenoxy) is 1. The molecule has 11 heteroatoms. The van der Waals surface area contributed by atoms with Gasteiger partial charge in [-0.2, -0.15) is 8.42 Å². The van der Waals surface area contributed by atoms with E-state index in [1.165, 1.54) is 24.3 Å². The molecular weight excluding hydrogens is 528 g/mol. The summed E-state index contributed by atoms with van der Waals surface area (Å²) in [5.74, 6) is -0.947. The van der Waals surface area contributed by atoms with Crippen LogP contribution in [0.15, 0.2) is 70.5 Å². The Morgan fingerprint density at radius 3 is 2.47 bits per heavy atom. The molecule has 0 saturated carbocycles. The third kappa shape index (κ3) is 5.31. The molecule has 3 aromatic rings. The third-order valence-electron chi connectivity index (χ3n) is 6.25. The van der Waals surface area contributed by atoms with Gasteiger partial charge >= 0.3 is 10.1 Å². The molecule has 5 rings (SSSR count). The van der Waals surface area contributed by atoms with Gasteiger partial charge in [0.2, 0.25) is 5.91 Å². The molecule has 0 unspecified atom stereocenters. The van der Waals surface area contributed by atoms with Gasteiger partial charge in [0.25, 0.3) is 11.1 Å². The molecule has 3 amide bonds. The van der Waals surface area contributed by atoms with Gasteiger partial charge in [-0.1, -0.05) is 48.0 Å². The monoisotopic (exact) mass is 552 g/mol. The zero-order chi connectivity index (χ0) is 26.9. The first-order valence-electron chi connectivity index (χ1n) is 11.9. The molecule has 196 valence electrons. The summed E-state index contributed by atoms with van der Waals surface area (Å²) in [5, 5.41) is 0.860. The van der Waals surface area contributed by atoms with Gasteiger partial charge in [0.1, 0.15) is 11.4 Å². The molecule has 2 saturated heterocycles. The molecule has 0 spiro atoms. The summed E-state index contributed by atoms with van der Waals surface area (Å²) in [6.07, 6.45) is 1.45. The summed E-state index contributed by atoms with van der Waals surface area (Å²) in [7, 11) is -4.18. The van der Waals surface area contributed by atoms with Crippen LogP contribution in [0.2, 0.25) is 0 Å². The number of hydrogen-bond acceptors (Lipinski definition) is 8. The van der Waals surface area contributed by atoms with Crippen molar-refractivity contribution in [3.8, 4) is 5.75 Å². The molecule has 2 heterocycles. The zero-order valence-corrected chi connectivity index (χ0v) is 22.1. The second-order valence-electron chi connectivity index (χ2n) is 8.81. The first-order valence-corrected chi connectivity index (χ1v) is 14.1. The van der Waals surface area contributed by atoms with E-state index in [1.54, 1.807) is 35.2 Å². The molecule has 3 aromatic carbocycles. The average Bonchev–Trinajstić information content (AvgIpc) is 3.18. The highest BCUT2D eigenvalue weighted by atomic mass is 32.2. The lowest BCUT2D eigenvalue weighted by Crippen LogP contribution is -2.46. The molecule has 2 aliphatic rings. The fraction of sp³-hybridized carbons (Fsp3) is 0.222. The van der Waals surface area contributed by atoms with Crippen LogP contribution in [0.5, 0.6) is 5.75 Å². The minimum Gasteiger partial charge on any atom is -0.378 e. The lowest BCUT2D eigenvalue weighted by Gasteiger charge is -2.28. The smallest absolute Gasteiger partial charge is 0.339 e. The van der Waals surface area contributed by atoms with Crippen LogP contribution >= 0.6 is 11.8 Å². The largest absolute Gasteiger partial charge is 0.378 e. The normalized spacial score (nSPS) is 17.4. The number of rotatable bonds is 6. The fourth-order valence-electron chi connectivity index (χ4n) is 4.18. The van der Waals surface area contributed by atoms with Crippen LogP contribution < -0.4 is 4.18 Å². The van der Waals surface area contributed by atoms with E-state index in [-0.39, 0.29) is 28.0 Å². The molecule has 9 nitrogen and oxygen atoms in total. The highest BCUT2D eigenvalue weighted by Gasteiger charge is 2.37. The van der Waals surface area contributed by atoms with Crippen LogP contribution in [0.1, 0.15) is 11.1 Å². The Labute approximate surface area is 224 Å². The molecule has 2 aliphatic heterocycles. The van der Waals surface area contributed by atoms with Crippen LogP contribution in [0, 0.1) is 6.92 Å². The van der Waals surface area contributed by atoms with E-state index >= 15 is 0 Å². The Balaban J connectivity index is 1.48. The fourth-order valence-corrected chi connectivity index (χ4v) is 5.95. The predicted octanol–water partition coefficient (Wildman–Crippen LogP) is 3.81. The number of morpholine rings is 1. The van der Waals surface area contributed by atoms with Gasteiger partial charge in [0.15, 0.2) is 5.75 Å². The van der Waals surface area contributed by atoms with Gasteiger partial charge in [-0.05, 0) is 53.7 Å². The van der Waals surface area contributed by atoms with Gasteiger partial charge in [-0.25, -0.2) is 0 Å². The number of carbonyl (C=O) groups excluding carboxylic acids is 3. The number of nitrogens with zero attached hydrogens (tertiary/aromatic N) is 2. The van der Waals surface area contributed by atoms with Crippen molar-refractivity contribution < 1.29 is 31.7 Å².